The molecule has 0 aliphatic heterocycles. The second-order valence-corrected chi connectivity index (χ2v) is 5.19. The maximum absolute atomic E-state index is 11.6. The number of thiophene rings is 1. The van der Waals surface area contributed by atoms with Crippen LogP contribution in [0.15, 0.2) is 6.07 Å². The molecule has 92 valence electrons. The van der Waals surface area contributed by atoms with Crippen LogP contribution < -0.4 is 0 Å². The van der Waals surface area contributed by atoms with E-state index in [1.807, 2.05) is 0 Å². The van der Waals surface area contributed by atoms with Crippen molar-refractivity contribution >= 4 is 23.3 Å². The predicted molar refractivity (Wildman–Crippen MR) is 63.4 cm³/mol. The molecule has 1 aromatic rings. The fourth-order valence-corrected chi connectivity index (χ4v) is 3.14. The van der Waals surface area contributed by atoms with Gasteiger partial charge < -0.3 is 9.84 Å². The van der Waals surface area contributed by atoms with Crippen LogP contribution in [0, 0.1) is 5.92 Å². The molecule has 0 bridgehead atoms. The van der Waals surface area contributed by atoms with E-state index in [-0.39, 0.29) is 11.9 Å². The first-order chi connectivity index (χ1) is 8.11. The second-order valence-electron chi connectivity index (χ2n) is 4.06. The van der Waals surface area contributed by atoms with Crippen molar-refractivity contribution in [3.8, 4) is 0 Å². The van der Waals surface area contributed by atoms with Gasteiger partial charge in [-0.15, -0.1) is 11.3 Å². The minimum Gasteiger partial charge on any atom is -0.477 e. The average molecular weight is 254 g/mol. The zero-order chi connectivity index (χ0) is 12.4. The highest BCUT2D eigenvalue weighted by molar-refractivity contribution is 7.14. The highest BCUT2D eigenvalue weighted by atomic mass is 32.1. The number of carboxylic acid groups (broad SMARTS) is 1. The van der Waals surface area contributed by atoms with E-state index >= 15 is 0 Å². The molecule has 4 nitrogen and oxygen atoms in total. The Morgan fingerprint density at radius 2 is 2.35 bits per heavy atom. The van der Waals surface area contributed by atoms with Crippen LogP contribution in [0.3, 0.4) is 0 Å². The smallest absolute Gasteiger partial charge is 0.345 e. The predicted octanol–water partition coefficient (Wildman–Crippen LogP) is 2.11. The molecule has 5 heteroatoms. The molecule has 0 fully saturated rings. The molecule has 0 saturated carbocycles. The highest BCUT2D eigenvalue weighted by Gasteiger charge is 2.28. The van der Waals surface area contributed by atoms with Gasteiger partial charge >= 0.3 is 11.9 Å². The Hall–Kier alpha value is -1.36. The monoisotopic (exact) mass is 254 g/mol. The van der Waals surface area contributed by atoms with Gasteiger partial charge in [-0.05, 0) is 37.8 Å². The number of hydrogen-bond acceptors (Lipinski definition) is 4. The Morgan fingerprint density at radius 1 is 1.59 bits per heavy atom. The van der Waals surface area contributed by atoms with Crippen molar-refractivity contribution < 1.29 is 19.4 Å². The average Bonchev–Trinajstić information content (AvgIpc) is 2.71. The summed E-state index contributed by atoms with van der Waals surface area (Å²) in [6.45, 7) is 2.19. The summed E-state index contributed by atoms with van der Waals surface area (Å²) in [6, 6.07) is 1.69. The number of ether oxygens (including phenoxy) is 1. The van der Waals surface area contributed by atoms with E-state index < -0.39 is 5.97 Å². The van der Waals surface area contributed by atoms with Crippen molar-refractivity contribution in [2.45, 2.75) is 26.2 Å². The summed E-state index contributed by atoms with van der Waals surface area (Å²) in [5, 5.41) is 8.91. The molecule has 1 atom stereocenters. The zero-order valence-corrected chi connectivity index (χ0v) is 10.4. The maximum Gasteiger partial charge on any atom is 0.345 e. The van der Waals surface area contributed by atoms with Crippen molar-refractivity contribution in [3.63, 3.8) is 0 Å². The number of carbonyl (C=O) groups excluding carboxylic acids is 1. The first kappa shape index (κ1) is 12.1. The summed E-state index contributed by atoms with van der Waals surface area (Å²) in [4.78, 5) is 23.9. The number of carbonyl (C=O) groups is 2. The summed E-state index contributed by atoms with van der Waals surface area (Å²) >= 11 is 1.32. The summed E-state index contributed by atoms with van der Waals surface area (Å²) in [7, 11) is 0. The summed E-state index contributed by atoms with van der Waals surface area (Å²) in [5.74, 6) is -1.17. The van der Waals surface area contributed by atoms with Crippen molar-refractivity contribution in [1.29, 1.82) is 0 Å². The summed E-state index contributed by atoms with van der Waals surface area (Å²) in [5.41, 5.74) is 0.997. The van der Waals surface area contributed by atoms with E-state index in [1.54, 1.807) is 13.0 Å². The maximum atomic E-state index is 11.6. The zero-order valence-electron chi connectivity index (χ0n) is 9.56. The van der Waals surface area contributed by atoms with E-state index in [4.69, 9.17) is 9.84 Å². The largest absolute Gasteiger partial charge is 0.477 e. The van der Waals surface area contributed by atoms with Gasteiger partial charge in [0.15, 0.2) is 0 Å². The Morgan fingerprint density at radius 3 is 3.00 bits per heavy atom. The van der Waals surface area contributed by atoms with Gasteiger partial charge in [0, 0.05) is 4.88 Å². The number of rotatable bonds is 3. The lowest BCUT2D eigenvalue weighted by atomic mass is 9.88. The fourth-order valence-electron chi connectivity index (χ4n) is 2.09. The summed E-state index contributed by atoms with van der Waals surface area (Å²) < 4.78 is 5.00. The third-order valence-electron chi connectivity index (χ3n) is 2.91. The second kappa shape index (κ2) is 4.87. The van der Waals surface area contributed by atoms with Crippen LogP contribution in [0.1, 0.15) is 33.5 Å². The van der Waals surface area contributed by atoms with Gasteiger partial charge in [-0.2, -0.15) is 0 Å². The Bertz CT molecular complexity index is 449. The molecule has 1 heterocycles. The molecule has 0 radical (unpaired) electrons. The molecule has 1 aliphatic carbocycles. The lowest BCUT2D eigenvalue weighted by Crippen LogP contribution is -2.23. The van der Waals surface area contributed by atoms with Crippen molar-refractivity contribution in [2.24, 2.45) is 5.92 Å². The molecule has 0 spiro atoms. The minimum absolute atomic E-state index is 0.112. The van der Waals surface area contributed by atoms with Gasteiger partial charge in [0.2, 0.25) is 0 Å². The molecule has 2 rings (SSSR count). The van der Waals surface area contributed by atoms with Crippen LogP contribution in [0.25, 0.3) is 0 Å². The normalized spacial score (nSPS) is 18.5. The van der Waals surface area contributed by atoms with Crippen LogP contribution in [-0.4, -0.2) is 23.7 Å². The number of hydrogen-bond donors (Lipinski definition) is 1. The number of fused-ring (bicyclic) bond motifs is 1. The van der Waals surface area contributed by atoms with E-state index in [9.17, 15) is 9.59 Å². The lowest BCUT2D eigenvalue weighted by Gasteiger charge is -2.20. The standard InChI is InChI=1S/C12H14O4S/c1-2-16-12(15)7-3-4-9-8(5-7)6-10(17-9)11(13)14/h6-7H,2-5H2,1H3,(H,13,14). The molecule has 1 N–H and O–H groups in total. The van der Waals surface area contributed by atoms with E-state index in [2.05, 4.69) is 0 Å². The minimum atomic E-state index is -0.892. The topological polar surface area (TPSA) is 63.6 Å². The Kier molecular flexibility index (Phi) is 3.47. The van der Waals surface area contributed by atoms with Crippen LogP contribution in [0.2, 0.25) is 0 Å². The fraction of sp³-hybridized carbons (Fsp3) is 0.500. The van der Waals surface area contributed by atoms with Gasteiger partial charge in [0.05, 0.1) is 12.5 Å². The number of carboxylic acids is 1. The quantitative estimate of drug-likeness (QED) is 0.839. The van der Waals surface area contributed by atoms with Gasteiger partial charge in [-0.3, -0.25) is 4.79 Å². The molecule has 1 aromatic heterocycles. The molecule has 0 amide bonds. The Labute approximate surface area is 103 Å². The van der Waals surface area contributed by atoms with Gasteiger partial charge in [-0.1, -0.05) is 0 Å². The lowest BCUT2D eigenvalue weighted by molar-refractivity contribution is -0.148. The van der Waals surface area contributed by atoms with Crippen molar-refractivity contribution in [1.82, 2.24) is 0 Å². The number of esters is 1. The highest BCUT2D eigenvalue weighted by Crippen LogP contribution is 2.32. The number of aryl methyl sites for hydroxylation is 1. The van der Waals surface area contributed by atoms with Gasteiger partial charge in [0.1, 0.15) is 4.88 Å². The van der Waals surface area contributed by atoms with E-state index in [1.165, 1.54) is 11.3 Å². The first-order valence-corrected chi connectivity index (χ1v) is 6.45. The van der Waals surface area contributed by atoms with Crippen molar-refractivity contribution in [3.05, 3.63) is 21.4 Å². The van der Waals surface area contributed by atoms with Crippen LogP contribution in [-0.2, 0) is 22.4 Å². The third kappa shape index (κ3) is 2.49. The molecular formula is C12H14O4S. The molecule has 17 heavy (non-hydrogen) atoms. The molecule has 0 saturated heterocycles. The third-order valence-corrected chi connectivity index (χ3v) is 4.14. The molecule has 1 unspecified atom stereocenters. The SMILES string of the molecule is CCOC(=O)C1CCc2sc(C(=O)O)cc2C1. The first-order valence-electron chi connectivity index (χ1n) is 5.63. The molecular weight excluding hydrogens is 240 g/mol. The summed E-state index contributed by atoms with van der Waals surface area (Å²) in [6.07, 6.45) is 2.14. The van der Waals surface area contributed by atoms with E-state index in [0.29, 0.717) is 17.9 Å². The van der Waals surface area contributed by atoms with Crippen LogP contribution >= 0.6 is 11.3 Å². The van der Waals surface area contributed by atoms with Crippen LogP contribution in [0.5, 0.6) is 0 Å². The Balaban J connectivity index is 2.13. The number of aromatic carboxylic acids is 1. The van der Waals surface area contributed by atoms with Gasteiger partial charge in [-0.25, -0.2) is 4.79 Å². The van der Waals surface area contributed by atoms with Gasteiger partial charge in [0.25, 0.3) is 0 Å². The van der Waals surface area contributed by atoms with Crippen molar-refractivity contribution in [2.75, 3.05) is 6.61 Å². The molecule has 0 aromatic carbocycles. The van der Waals surface area contributed by atoms with E-state index in [0.717, 1.165) is 23.3 Å². The van der Waals surface area contributed by atoms with Crippen LogP contribution in [0.4, 0.5) is 0 Å². The molecule has 1 aliphatic rings.